The van der Waals surface area contributed by atoms with Crippen molar-refractivity contribution < 1.29 is 9.59 Å². The number of hydrogen-bond acceptors (Lipinski definition) is 3. The van der Waals surface area contributed by atoms with Gasteiger partial charge >= 0.3 is 0 Å². The Labute approximate surface area is 182 Å². The summed E-state index contributed by atoms with van der Waals surface area (Å²) in [4.78, 5) is 32.9. The minimum Gasteiger partial charge on any atom is -0.323 e. The molecule has 156 valence electrons. The first-order valence-electron chi connectivity index (χ1n) is 10.4. The Morgan fingerprint density at radius 2 is 1.87 bits per heavy atom. The fourth-order valence-electron chi connectivity index (χ4n) is 4.36. The lowest BCUT2D eigenvalue weighted by Gasteiger charge is -2.40. The fraction of sp³-hybridized carbons (Fsp3) is 0.375. The van der Waals surface area contributed by atoms with Gasteiger partial charge in [0.2, 0.25) is 5.91 Å². The first kappa shape index (κ1) is 20.6. The number of halogens is 1. The van der Waals surface area contributed by atoms with Gasteiger partial charge in [0.25, 0.3) is 5.91 Å². The first-order chi connectivity index (χ1) is 14.4. The van der Waals surface area contributed by atoms with Crippen molar-refractivity contribution in [3.05, 3.63) is 64.7 Å². The maximum Gasteiger partial charge on any atom is 0.275 e. The zero-order valence-electron chi connectivity index (χ0n) is 17.3. The molecule has 1 N–H and O–H groups in total. The summed E-state index contributed by atoms with van der Waals surface area (Å²) in [5.41, 5.74) is 2.08. The summed E-state index contributed by atoms with van der Waals surface area (Å²) in [5.74, 6) is 0.159. The number of amides is 2. The zero-order valence-corrected chi connectivity index (χ0v) is 18.1. The third-order valence-electron chi connectivity index (χ3n) is 6.18. The number of nitrogens with zero attached hydrogens (tertiary/aromatic N) is 2. The average molecular weight is 424 g/mol. The minimum atomic E-state index is -0.637. The molecule has 1 heterocycles. The van der Waals surface area contributed by atoms with Gasteiger partial charge in [-0.2, -0.15) is 0 Å². The summed E-state index contributed by atoms with van der Waals surface area (Å²) < 4.78 is 0. The van der Waals surface area contributed by atoms with E-state index in [0.29, 0.717) is 22.3 Å². The van der Waals surface area contributed by atoms with Crippen molar-refractivity contribution in [3.63, 3.8) is 0 Å². The van der Waals surface area contributed by atoms with Gasteiger partial charge in [0, 0.05) is 5.56 Å². The molecule has 1 fully saturated rings. The third-order valence-corrected chi connectivity index (χ3v) is 6.50. The Morgan fingerprint density at radius 3 is 2.53 bits per heavy atom. The lowest BCUT2D eigenvalue weighted by atomic mass is 9.82. The van der Waals surface area contributed by atoms with Crippen molar-refractivity contribution in [3.8, 4) is 0 Å². The zero-order chi connectivity index (χ0) is 21.3. The van der Waals surface area contributed by atoms with Gasteiger partial charge in [-0.05, 0) is 50.2 Å². The molecule has 5 nitrogen and oxygen atoms in total. The Hall–Kier alpha value is -2.66. The number of nitrogens with one attached hydrogen (secondary N) is 1. The highest BCUT2D eigenvalue weighted by atomic mass is 35.5. The molecule has 2 amide bonds. The lowest BCUT2D eigenvalue weighted by molar-refractivity contribution is -0.134. The monoisotopic (exact) mass is 423 g/mol. The van der Waals surface area contributed by atoms with Crippen molar-refractivity contribution in [2.75, 3.05) is 11.9 Å². The minimum absolute atomic E-state index is 0.0439. The van der Waals surface area contributed by atoms with E-state index in [9.17, 15) is 9.59 Å². The number of para-hydroxylation sites is 1. The highest BCUT2D eigenvalue weighted by Crippen LogP contribution is 2.41. The van der Waals surface area contributed by atoms with E-state index < -0.39 is 5.66 Å². The summed E-state index contributed by atoms with van der Waals surface area (Å²) >= 11 is 6.26. The summed E-state index contributed by atoms with van der Waals surface area (Å²) in [7, 11) is 0. The van der Waals surface area contributed by atoms with Crippen LogP contribution in [0, 0.1) is 12.8 Å². The van der Waals surface area contributed by atoms with Crippen molar-refractivity contribution in [2.24, 2.45) is 10.9 Å². The van der Waals surface area contributed by atoms with Gasteiger partial charge in [-0.15, -0.1) is 0 Å². The number of anilines is 1. The number of aryl methyl sites for hydroxylation is 1. The summed E-state index contributed by atoms with van der Waals surface area (Å²) in [6.07, 6.45) is 3.52. The largest absolute Gasteiger partial charge is 0.323 e. The van der Waals surface area contributed by atoms with E-state index >= 15 is 0 Å². The molecule has 0 atom stereocenters. The standard InChI is InChI=1S/C24H26ClN3O2/c1-16-11-13-24(14-12-16)27-22(18-8-4-3-5-9-18)23(30)28(24)15-20(29)26-21-17(2)7-6-10-19(21)25/h3-10,16H,11-15H2,1-2H3,(H,26,29). The smallest absolute Gasteiger partial charge is 0.275 e. The second kappa shape index (κ2) is 8.23. The second-order valence-corrected chi connectivity index (χ2v) is 8.77. The fourth-order valence-corrected chi connectivity index (χ4v) is 4.62. The lowest BCUT2D eigenvalue weighted by Crippen LogP contribution is -2.51. The first-order valence-corrected chi connectivity index (χ1v) is 10.8. The highest BCUT2D eigenvalue weighted by molar-refractivity contribution is 6.47. The molecule has 0 saturated heterocycles. The summed E-state index contributed by atoms with van der Waals surface area (Å²) in [5, 5.41) is 3.38. The van der Waals surface area contributed by atoms with E-state index in [1.807, 2.05) is 49.4 Å². The van der Waals surface area contributed by atoms with Gasteiger partial charge in [-0.3, -0.25) is 14.6 Å². The van der Waals surface area contributed by atoms with Crippen LogP contribution in [0.4, 0.5) is 5.69 Å². The number of aliphatic imine (C=N–C) groups is 1. The molecular weight excluding hydrogens is 398 g/mol. The molecule has 1 aliphatic carbocycles. The Morgan fingerprint density at radius 1 is 1.17 bits per heavy atom. The number of rotatable bonds is 4. The molecule has 4 rings (SSSR count). The molecule has 0 aromatic heterocycles. The molecule has 0 radical (unpaired) electrons. The number of carbonyl (C=O) groups excluding carboxylic acids is 2. The van der Waals surface area contributed by atoms with Crippen LogP contribution < -0.4 is 5.32 Å². The van der Waals surface area contributed by atoms with Crippen LogP contribution >= 0.6 is 11.6 Å². The van der Waals surface area contributed by atoms with Crippen LogP contribution in [0.1, 0.15) is 43.7 Å². The van der Waals surface area contributed by atoms with E-state index in [1.165, 1.54) is 0 Å². The topological polar surface area (TPSA) is 61.8 Å². The molecule has 2 aliphatic rings. The van der Waals surface area contributed by atoms with Crippen molar-refractivity contribution in [1.29, 1.82) is 0 Å². The Bertz CT molecular complexity index is 975. The van der Waals surface area contributed by atoms with Gasteiger partial charge in [0.15, 0.2) is 0 Å². The summed E-state index contributed by atoms with van der Waals surface area (Å²) in [6.45, 7) is 4.07. The molecule has 2 aromatic carbocycles. The van der Waals surface area contributed by atoms with Crippen LogP contribution in [-0.4, -0.2) is 34.6 Å². The van der Waals surface area contributed by atoms with Crippen LogP contribution in [0.3, 0.4) is 0 Å². The molecule has 1 saturated carbocycles. The van der Waals surface area contributed by atoms with Crippen LogP contribution in [0.15, 0.2) is 53.5 Å². The molecule has 1 aliphatic heterocycles. The van der Waals surface area contributed by atoms with Crippen LogP contribution in [-0.2, 0) is 9.59 Å². The van der Waals surface area contributed by atoms with Crippen molar-refractivity contribution >= 4 is 34.8 Å². The Kier molecular flexibility index (Phi) is 5.65. The van der Waals surface area contributed by atoms with Gasteiger partial charge in [0.1, 0.15) is 17.9 Å². The maximum atomic E-state index is 13.4. The normalized spacial score (nSPS) is 23.6. The van der Waals surface area contributed by atoms with E-state index in [4.69, 9.17) is 16.6 Å². The van der Waals surface area contributed by atoms with Gasteiger partial charge in [-0.1, -0.05) is 61.0 Å². The summed E-state index contributed by atoms with van der Waals surface area (Å²) in [6, 6.07) is 15.0. The van der Waals surface area contributed by atoms with E-state index in [-0.39, 0.29) is 18.4 Å². The number of benzene rings is 2. The number of carbonyl (C=O) groups is 2. The average Bonchev–Trinajstić information content (AvgIpc) is 3.00. The van der Waals surface area contributed by atoms with E-state index in [1.54, 1.807) is 11.0 Å². The van der Waals surface area contributed by atoms with Crippen LogP contribution in [0.2, 0.25) is 5.02 Å². The number of hydrogen-bond donors (Lipinski definition) is 1. The molecule has 0 unspecified atom stereocenters. The van der Waals surface area contributed by atoms with E-state index in [2.05, 4.69) is 12.2 Å². The highest BCUT2D eigenvalue weighted by Gasteiger charge is 2.49. The van der Waals surface area contributed by atoms with Gasteiger partial charge < -0.3 is 10.2 Å². The predicted molar refractivity (Wildman–Crippen MR) is 120 cm³/mol. The molecular formula is C24H26ClN3O2. The van der Waals surface area contributed by atoms with Crippen LogP contribution in [0.25, 0.3) is 0 Å². The molecule has 0 bridgehead atoms. The molecule has 2 aromatic rings. The molecule has 1 spiro atoms. The van der Waals surface area contributed by atoms with Crippen molar-refractivity contribution in [1.82, 2.24) is 4.90 Å². The molecule has 6 heteroatoms. The van der Waals surface area contributed by atoms with Crippen LogP contribution in [0.5, 0.6) is 0 Å². The molecule has 30 heavy (non-hydrogen) atoms. The quantitative estimate of drug-likeness (QED) is 0.765. The SMILES string of the molecule is Cc1cccc(Cl)c1NC(=O)CN1C(=O)C(c2ccccc2)=NC12CCC(C)CC2. The van der Waals surface area contributed by atoms with Crippen molar-refractivity contribution in [2.45, 2.75) is 45.2 Å². The second-order valence-electron chi connectivity index (χ2n) is 8.36. The third kappa shape index (κ3) is 3.86. The van der Waals surface area contributed by atoms with Gasteiger partial charge in [0.05, 0.1) is 10.7 Å². The predicted octanol–water partition coefficient (Wildman–Crippen LogP) is 4.82. The van der Waals surface area contributed by atoms with Gasteiger partial charge in [-0.25, -0.2) is 0 Å². The Balaban J connectivity index is 1.61. The van der Waals surface area contributed by atoms with E-state index in [0.717, 1.165) is 36.8 Å². The maximum absolute atomic E-state index is 13.4.